The third kappa shape index (κ3) is 3.88. The van der Waals surface area contributed by atoms with E-state index in [-0.39, 0.29) is 11.9 Å². The van der Waals surface area contributed by atoms with E-state index >= 15 is 0 Å². The maximum Gasteiger partial charge on any atom is 0.244 e. The summed E-state index contributed by atoms with van der Waals surface area (Å²) in [4.78, 5) is 12.4. The van der Waals surface area contributed by atoms with Crippen LogP contribution in [-0.4, -0.2) is 12.5 Å². The molecule has 4 heteroatoms. The summed E-state index contributed by atoms with van der Waals surface area (Å²) in [7, 11) is 0. The predicted octanol–water partition coefficient (Wildman–Crippen LogP) is 4.56. The molecule has 0 spiro atoms. The number of hydrogen-bond donors (Lipinski definition) is 1. The normalized spacial score (nSPS) is 17.2. The zero-order valence-electron chi connectivity index (χ0n) is 13.9. The quantitative estimate of drug-likeness (QED) is 0.800. The van der Waals surface area contributed by atoms with Crippen LogP contribution in [0.3, 0.4) is 0 Å². The first-order chi connectivity index (χ1) is 12.2. The molecule has 1 aliphatic carbocycles. The molecule has 1 saturated carbocycles. The molecule has 2 aliphatic rings. The molecule has 2 aromatic carbocycles. The van der Waals surface area contributed by atoms with Gasteiger partial charge in [-0.15, -0.1) is 0 Å². The summed E-state index contributed by atoms with van der Waals surface area (Å²) < 4.78 is 5.51. The molecule has 0 radical (unpaired) electrons. The highest BCUT2D eigenvalue weighted by Gasteiger charge is 2.33. The molecule has 1 amide bonds. The zero-order valence-corrected chi connectivity index (χ0v) is 14.6. The number of nitrogens with one attached hydrogen (secondary N) is 1. The van der Waals surface area contributed by atoms with Crippen molar-refractivity contribution in [1.82, 2.24) is 5.32 Å². The Morgan fingerprint density at radius 2 is 2.00 bits per heavy atom. The van der Waals surface area contributed by atoms with Crippen LogP contribution in [0.2, 0.25) is 5.02 Å². The van der Waals surface area contributed by atoms with Crippen molar-refractivity contribution in [3.05, 3.63) is 70.3 Å². The smallest absolute Gasteiger partial charge is 0.244 e. The van der Waals surface area contributed by atoms with Gasteiger partial charge in [0.25, 0.3) is 0 Å². The Hall–Kier alpha value is -2.26. The number of benzene rings is 2. The molecular formula is C21H20ClNO2. The molecule has 3 nitrogen and oxygen atoms in total. The second-order valence-corrected chi connectivity index (χ2v) is 7.11. The minimum atomic E-state index is -0.0661. The van der Waals surface area contributed by atoms with Gasteiger partial charge >= 0.3 is 0 Å². The molecule has 1 aliphatic heterocycles. The predicted molar refractivity (Wildman–Crippen MR) is 99.7 cm³/mol. The Morgan fingerprint density at radius 1 is 1.20 bits per heavy atom. The van der Waals surface area contributed by atoms with Crippen molar-refractivity contribution >= 4 is 23.6 Å². The van der Waals surface area contributed by atoms with Crippen LogP contribution in [-0.2, 0) is 11.2 Å². The largest absolute Gasteiger partial charge is 0.493 e. The minimum absolute atomic E-state index is 0.0582. The molecular weight excluding hydrogens is 334 g/mol. The van der Waals surface area contributed by atoms with Crippen LogP contribution >= 0.6 is 11.6 Å². The third-order valence-corrected chi connectivity index (χ3v) is 5.01. The first kappa shape index (κ1) is 16.2. The van der Waals surface area contributed by atoms with Crippen molar-refractivity contribution < 1.29 is 9.53 Å². The number of halogens is 1. The van der Waals surface area contributed by atoms with Gasteiger partial charge in [0.15, 0.2) is 0 Å². The summed E-state index contributed by atoms with van der Waals surface area (Å²) in [5, 5.41) is 3.86. The first-order valence-electron chi connectivity index (χ1n) is 8.69. The average Bonchev–Trinajstić information content (AvgIpc) is 3.35. The van der Waals surface area contributed by atoms with Gasteiger partial charge in [0.1, 0.15) is 5.75 Å². The van der Waals surface area contributed by atoms with E-state index in [2.05, 4.69) is 11.4 Å². The molecule has 1 N–H and O–H groups in total. The number of rotatable bonds is 5. The summed E-state index contributed by atoms with van der Waals surface area (Å²) in [6.45, 7) is 0.743. The van der Waals surface area contributed by atoms with E-state index in [1.54, 1.807) is 6.08 Å². The molecule has 0 aromatic heterocycles. The fourth-order valence-electron chi connectivity index (χ4n) is 3.26. The number of hydrogen-bond acceptors (Lipinski definition) is 2. The second kappa shape index (κ2) is 6.93. The molecule has 0 bridgehead atoms. The monoisotopic (exact) mass is 353 g/mol. The average molecular weight is 354 g/mol. The van der Waals surface area contributed by atoms with Crippen LogP contribution in [0.15, 0.2) is 48.5 Å². The Labute approximate surface area is 152 Å². The van der Waals surface area contributed by atoms with Gasteiger partial charge in [-0.2, -0.15) is 0 Å². The van der Waals surface area contributed by atoms with Crippen LogP contribution in [0.5, 0.6) is 5.75 Å². The number of ether oxygens (including phenoxy) is 1. The minimum Gasteiger partial charge on any atom is -0.493 e. The van der Waals surface area contributed by atoms with Crippen molar-refractivity contribution in [1.29, 1.82) is 0 Å². The van der Waals surface area contributed by atoms with Gasteiger partial charge in [0, 0.05) is 17.5 Å². The summed E-state index contributed by atoms with van der Waals surface area (Å²) in [5.74, 6) is 1.41. The Balaban J connectivity index is 1.44. The first-order valence-corrected chi connectivity index (χ1v) is 9.06. The van der Waals surface area contributed by atoms with E-state index in [1.165, 1.54) is 5.56 Å². The van der Waals surface area contributed by atoms with Crippen LogP contribution in [0.25, 0.3) is 6.08 Å². The number of fused-ring (bicyclic) bond motifs is 1. The highest BCUT2D eigenvalue weighted by molar-refractivity contribution is 6.30. The van der Waals surface area contributed by atoms with E-state index in [1.807, 2.05) is 42.5 Å². The lowest BCUT2D eigenvalue weighted by Gasteiger charge is -2.18. The topological polar surface area (TPSA) is 38.3 Å². The van der Waals surface area contributed by atoms with Crippen LogP contribution in [0.4, 0.5) is 0 Å². The number of carbonyl (C=O) groups excluding carboxylic acids is 1. The fourth-order valence-corrected chi connectivity index (χ4v) is 3.38. The molecule has 1 atom stereocenters. The van der Waals surface area contributed by atoms with Gasteiger partial charge in [-0.25, -0.2) is 0 Å². The third-order valence-electron chi connectivity index (χ3n) is 4.76. The van der Waals surface area contributed by atoms with Crippen molar-refractivity contribution in [3.8, 4) is 5.75 Å². The molecule has 4 rings (SSSR count). The molecule has 1 heterocycles. The van der Waals surface area contributed by atoms with Crippen molar-refractivity contribution in [2.75, 3.05) is 6.61 Å². The van der Waals surface area contributed by atoms with Crippen molar-refractivity contribution in [2.45, 2.75) is 25.3 Å². The number of amides is 1. The molecule has 25 heavy (non-hydrogen) atoms. The Bertz CT molecular complexity index is 809. The Kier molecular flexibility index (Phi) is 4.50. The summed E-state index contributed by atoms with van der Waals surface area (Å²) in [6, 6.07) is 13.8. The van der Waals surface area contributed by atoms with Gasteiger partial charge in [-0.3, -0.25) is 4.79 Å². The van der Waals surface area contributed by atoms with E-state index in [4.69, 9.17) is 16.3 Å². The molecule has 1 unspecified atom stereocenters. The van der Waals surface area contributed by atoms with Gasteiger partial charge in [0.2, 0.25) is 5.91 Å². The van der Waals surface area contributed by atoms with Gasteiger partial charge < -0.3 is 10.1 Å². The molecule has 0 saturated heterocycles. The lowest BCUT2D eigenvalue weighted by atomic mass is 10.0. The standard InChI is InChI=1S/C21H20ClNO2/c22-18-7-5-16(6-8-18)21(15-3-4-15)23-20(24)10-2-14-1-9-19-17(13-14)11-12-25-19/h1-2,5-10,13,15,21H,3-4,11-12H2,(H,23,24)/b10-2+. The molecule has 1 fully saturated rings. The summed E-state index contributed by atoms with van der Waals surface area (Å²) in [5.41, 5.74) is 3.34. The van der Waals surface area contributed by atoms with Gasteiger partial charge in [-0.1, -0.05) is 29.8 Å². The van der Waals surface area contributed by atoms with E-state index in [0.29, 0.717) is 10.9 Å². The summed E-state index contributed by atoms with van der Waals surface area (Å²) in [6.07, 6.45) is 6.72. The van der Waals surface area contributed by atoms with E-state index in [9.17, 15) is 4.79 Å². The van der Waals surface area contributed by atoms with Gasteiger partial charge in [0.05, 0.1) is 12.6 Å². The fraction of sp³-hybridized carbons (Fsp3) is 0.286. The van der Waals surface area contributed by atoms with Crippen molar-refractivity contribution in [3.63, 3.8) is 0 Å². The molecule has 2 aromatic rings. The van der Waals surface area contributed by atoms with E-state index in [0.717, 1.165) is 42.7 Å². The van der Waals surface area contributed by atoms with E-state index < -0.39 is 0 Å². The second-order valence-electron chi connectivity index (χ2n) is 6.67. The maximum absolute atomic E-state index is 12.4. The van der Waals surface area contributed by atoms with Gasteiger partial charge in [-0.05, 0) is 65.8 Å². The van der Waals surface area contributed by atoms with Crippen LogP contribution in [0.1, 0.15) is 35.6 Å². The van der Waals surface area contributed by atoms with Crippen LogP contribution < -0.4 is 10.1 Å². The maximum atomic E-state index is 12.4. The molecule has 128 valence electrons. The zero-order chi connectivity index (χ0) is 17.2. The number of carbonyl (C=O) groups is 1. The lowest BCUT2D eigenvalue weighted by Crippen LogP contribution is -2.28. The highest BCUT2D eigenvalue weighted by Crippen LogP contribution is 2.41. The summed E-state index contributed by atoms with van der Waals surface area (Å²) >= 11 is 5.97. The Morgan fingerprint density at radius 3 is 2.76 bits per heavy atom. The highest BCUT2D eigenvalue weighted by atomic mass is 35.5. The SMILES string of the molecule is O=C(/C=C/c1ccc2c(c1)CCO2)NC(c1ccc(Cl)cc1)C1CC1. The van der Waals surface area contributed by atoms with Crippen LogP contribution in [0, 0.1) is 5.92 Å². The lowest BCUT2D eigenvalue weighted by molar-refractivity contribution is -0.117. The van der Waals surface area contributed by atoms with Crippen molar-refractivity contribution in [2.24, 2.45) is 5.92 Å².